The fraction of sp³-hybridized carbons (Fsp3) is 0.429. The largest absolute Gasteiger partial charge is 0.497 e. The first-order valence-electron chi connectivity index (χ1n) is 12.6. The van der Waals surface area contributed by atoms with Gasteiger partial charge in [-0.05, 0) is 62.4 Å². The molecule has 2 aromatic carbocycles. The first-order valence-corrected chi connectivity index (χ1v) is 12.6. The smallest absolute Gasteiger partial charge is 0.303 e. The van der Waals surface area contributed by atoms with Crippen molar-refractivity contribution in [2.45, 2.75) is 38.2 Å². The Balaban J connectivity index is 1.39. The summed E-state index contributed by atoms with van der Waals surface area (Å²) in [5.41, 5.74) is -0.0123. The van der Waals surface area contributed by atoms with Crippen LogP contribution in [0.5, 0.6) is 11.5 Å². The number of carboxylic acids is 1. The van der Waals surface area contributed by atoms with Crippen LogP contribution in [0, 0.1) is 28.7 Å². The molecule has 0 saturated carbocycles. The van der Waals surface area contributed by atoms with Crippen molar-refractivity contribution in [3.8, 4) is 11.5 Å². The highest BCUT2D eigenvalue weighted by Gasteiger charge is 2.37. The first kappa shape index (κ1) is 28.6. The molecule has 2 heterocycles. The fourth-order valence-electron chi connectivity index (χ4n) is 5.23. The molecule has 210 valence electrons. The van der Waals surface area contributed by atoms with Crippen LogP contribution >= 0.6 is 0 Å². The number of nitrogens with zero attached hydrogens (tertiary/aromatic N) is 2. The molecule has 2 N–H and O–H groups in total. The van der Waals surface area contributed by atoms with Crippen molar-refractivity contribution < 1.29 is 42.0 Å². The van der Waals surface area contributed by atoms with Gasteiger partial charge in [0.05, 0.1) is 31.3 Å². The van der Waals surface area contributed by atoms with E-state index in [2.05, 4.69) is 4.98 Å². The molecule has 4 rings (SSSR count). The number of likely N-dealkylation sites (tertiary alicyclic amines) is 1. The van der Waals surface area contributed by atoms with E-state index in [0.29, 0.717) is 61.6 Å². The Morgan fingerprint density at radius 1 is 1.13 bits per heavy atom. The summed E-state index contributed by atoms with van der Waals surface area (Å²) in [7, 11) is 1.48. The van der Waals surface area contributed by atoms with Gasteiger partial charge in [-0.15, -0.1) is 0 Å². The number of halogens is 4. The van der Waals surface area contributed by atoms with Gasteiger partial charge in [-0.2, -0.15) is 4.39 Å². The molecule has 1 aliphatic rings. The van der Waals surface area contributed by atoms with Gasteiger partial charge in [-0.25, -0.2) is 13.2 Å². The predicted molar refractivity (Wildman–Crippen MR) is 135 cm³/mol. The topological polar surface area (TPSA) is 92.1 Å². The molecule has 11 heteroatoms. The van der Waals surface area contributed by atoms with Gasteiger partial charge in [0.15, 0.2) is 11.6 Å². The van der Waals surface area contributed by atoms with Crippen molar-refractivity contribution in [1.29, 1.82) is 0 Å². The number of carboxylic acid groups (broad SMARTS) is 1. The average Bonchev–Trinajstić information content (AvgIpc) is 2.90. The van der Waals surface area contributed by atoms with E-state index >= 15 is 0 Å². The number of pyridine rings is 1. The van der Waals surface area contributed by atoms with Crippen molar-refractivity contribution in [2.24, 2.45) is 5.41 Å². The highest BCUT2D eigenvalue weighted by molar-refractivity contribution is 5.84. The van der Waals surface area contributed by atoms with E-state index in [9.17, 15) is 32.6 Å². The maximum Gasteiger partial charge on any atom is 0.303 e. The predicted octanol–water partition coefficient (Wildman–Crippen LogP) is 5.25. The average molecular weight is 551 g/mol. The zero-order valence-electron chi connectivity index (χ0n) is 21.4. The minimum atomic E-state index is -1.33. The lowest BCUT2D eigenvalue weighted by Gasteiger charge is -2.41. The van der Waals surface area contributed by atoms with Gasteiger partial charge in [0.1, 0.15) is 24.0 Å². The van der Waals surface area contributed by atoms with Crippen LogP contribution in [-0.4, -0.2) is 59.4 Å². The van der Waals surface area contributed by atoms with Gasteiger partial charge in [0, 0.05) is 29.6 Å². The zero-order chi connectivity index (χ0) is 28.2. The Morgan fingerprint density at radius 3 is 2.56 bits per heavy atom. The molecule has 0 radical (unpaired) electrons. The Labute approximate surface area is 223 Å². The Hall–Kier alpha value is -3.44. The second-order valence-electron chi connectivity index (χ2n) is 9.92. The summed E-state index contributed by atoms with van der Waals surface area (Å²) in [5.74, 6) is -5.16. The Morgan fingerprint density at radius 2 is 1.87 bits per heavy atom. The van der Waals surface area contributed by atoms with Crippen LogP contribution in [0.2, 0.25) is 0 Å². The monoisotopic (exact) mass is 550 g/mol. The maximum absolute atomic E-state index is 14.8. The highest BCUT2D eigenvalue weighted by Crippen LogP contribution is 2.42. The molecule has 0 amide bonds. The molecule has 1 saturated heterocycles. The molecule has 1 atom stereocenters. The number of aliphatic carboxylic acids is 1. The highest BCUT2D eigenvalue weighted by atomic mass is 19.2. The van der Waals surface area contributed by atoms with Gasteiger partial charge in [-0.3, -0.25) is 14.7 Å². The maximum atomic E-state index is 14.8. The molecule has 3 aromatic rings. The number of fused-ring (bicyclic) bond motifs is 1. The summed E-state index contributed by atoms with van der Waals surface area (Å²) in [5, 5.41) is 21.0. The second-order valence-corrected chi connectivity index (χ2v) is 9.92. The minimum Gasteiger partial charge on any atom is -0.497 e. The lowest BCUT2D eigenvalue weighted by atomic mass is 9.71. The number of benzene rings is 2. The minimum absolute atomic E-state index is 0.0116. The number of aliphatic hydroxyl groups excluding tert-OH is 1. The quantitative estimate of drug-likeness (QED) is 0.249. The zero-order valence-corrected chi connectivity index (χ0v) is 21.4. The number of hydrogen-bond acceptors (Lipinski definition) is 6. The van der Waals surface area contributed by atoms with Crippen LogP contribution in [0.25, 0.3) is 10.9 Å². The van der Waals surface area contributed by atoms with Crippen LogP contribution in [0.3, 0.4) is 0 Å². The van der Waals surface area contributed by atoms with Crippen molar-refractivity contribution in [1.82, 2.24) is 9.88 Å². The molecule has 7 nitrogen and oxygen atoms in total. The second kappa shape index (κ2) is 12.2. The van der Waals surface area contributed by atoms with E-state index in [1.54, 1.807) is 18.2 Å². The number of ether oxygens (including phenoxy) is 2. The van der Waals surface area contributed by atoms with E-state index in [1.807, 2.05) is 4.90 Å². The van der Waals surface area contributed by atoms with Gasteiger partial charge < -0.3 is 19.7 Å². The first-order chi connectivity index (χ1) is 18.6. The third-order valence-corrected chi connectivity index (χ3v) is 7.42. The van der Waals surface area contributed by atoms with Crippen LogP contribution in [0.15, 0.2) is 36.5 Å². The number of rotatable bonds is 11. The number of aliphatic hydroxyl groups is 1. The van der Waals surface area contributed by atoms with Crippen molar-refractivity contribution in [3.63, 3.8) is 0 Å². The van der Waals surface area contributed by atoms with Crippen molar-refractivity contribution in [3.05, 3.63) is 65.4 Å². The summed E-state index contributed by atoms with van der Waals surface area (Å²) in [6.45, 7) is 1.36. The third kappa shape index (κ3) is 6.77. The summed E-state index contributed by atoms with van der Waals surface area (Å²) in [6, 6.07) is 6.20. The normalized spacial score (nSPS) is 16.3. The van der Waals surface area contributed by atoms with Crippen LogP contribution < -0.4 is 9.47 Å². The number of carbonyl (C=O) groups is 1. The number of methoxy groups -OCH3 is 1. The third-order valence-electron chi connectivity index (χ3n) is 7.42. The Kier molecular flexibility index (Phi) is 8.91. The molecule has 1 unspecified atom stereocenters. The summed E-state index contributed by atoms with van der Waals surface area (Å²) < 4.78 is 65.8. The SMILES string of the molecule is COc1ccc2ncc(F)c(C(O)CCC3(CC(=O)O)CCN(CCOc4cc(F)cc(F)c4F)CC3)c2c1. The molecular formula is C28H30F4N2O5. The number of piperidine rings is 1. The van der Waals surface area contributed by atoms with E-state index < -0.39 is 46.5 Å². The van der Waals surface area contributed by atoms with E-state index in [-0.39, 0.29) is 25.0 Å². The standard InChI is InChI=1S/C28H30F4N2O5/c1-38-18-2-3-22-19(14-18)26(21(31)16-33-22)23(35)4-5-28(15-25(36)37)6-8-34(9-7-28)10-11-39-24-13-17(29)12-20(30)27(24)32/h2-3,12-14,16,23,35H,4-11,15H2,1H3,(H,36,37). The molecule has 39 heavy (non-hydrogen) atoms. The molecule has 0 aliphatic carbocycles. The van der Waals surface area contributed by atoms with E-state index in [4.69, 9.17) is 9.47 Å². The summed E-state index contributed by atoms with van der Waals surface area (Å²) in [4.78, 5) is 17.8. The van der Waals surface area contributed by atoms with E-state index in [1.165, 1.54) is 7.11 Å². The van der Waals surface area contributed by atoms with Crippen LogP contribution in [0.4, 0.5) is 17.6 Å². The molecule has 1 aliphatic heterocycles. The van der Waals surface area contributed by atoms with Gasteiger partial charge >= 0.3 is 5.97 Å². The lowest BCUT2D eigenvalue weighted by molar-refractivity contribution is -0.141. The molecule has 1 aromatic heterocycles. The van der Waals surface area contributed by atoms with Crippen LogP contribution in [-0.2, 0) is 4.79 Å². The van der Waals surface area contributed by atoms with Crippen molar-refractivity contribution in [2.75, 3.05) is 33.4 Å². The van der Waals surface area contributed by atoms with Gasteiger partial charge in [0.2, 0.25) is 5.82 Å². The Bertz CT molecular complexity index is 1330. The number of aromatic nitrogens is 1. The number of hydrogen-bond donors (Lipinski definition) is 2. The van der Waals surface area contributed by atoms with Gasteiger partial charge in [-0.1, -0.05) is 0 Å². The van der Waals surface area contributed by atoms with Crippen molar-refractivity contribution >= 4 is 16.9 Å². The summed E-state index contributed by atoms with van der Waals surface area (Å²) >= 11 is 0. The molecule has 0 bridgehead atoms. The summed E-state index contributed by atoms with van der Waals surface area (Å²) in [6.07, 6.45) is 1.28. The van der Waals surface area contributed by atoms with E-state index in [0.717, 1.165) is 12.3 Å². The molecule has 0 spiro atoms. The molecular weight excluding hydrogens is 520 g/mol. The van der Waals surface area contributed by atoms with Crippen LogP contribution in [0.1, 0.15) is 43.8 Å². The van der Waals surface area contributed by atoms with Gasteiger partial charge in [0.25, 0.3) is 0 Å². The fourth-order valence-corrected chi connectivity index (χ4v) is 5.23. The molecule has 1 fully saturated rings. The lowest BCUT2D eigenvalue weighted by Crippen LogP contribution is -2.42.